The summed E-state index contributed by atoms with van der Waals surface area (Å²) in [5, 5.41) is 19.2. The first kappa shape index (κ1) is 35.8. The number of halogens is 1. The summed E-state index contributed by atoms with van der Waals surface area (Å²) >= 11 is 3.57. The summed E-state index contributed by atoms with van der Waals surface area (Å²) in [7, 11) is 5.07. The lowest BCUT2D eigenvalue weighted by molar-refractivity contribution is 0.354. The predicted octanol–water partition coefficient (Wildman–Crippen LogP) is 11.2. The summed E-state index contributed by atoms with van der Waals surface area (Å²) in [5.74, 6) is 1.49. The number of hydrogen-bond acceptors (Lipinski definition) is 5. The summed E-state index contributed by atoms with van der Waals surface area (Å²) in [4.78, 5) is 0. The van der Waals surface area contributed by atoms with Gasteiger partial charge >= 0.3 is 0 Å². The molecule has 0 spiro atoms. The summed E-state index contributed by atoms with van der Waals surface area (Å²) in [5.41, 5.74) is 1.87. The van der Waals surface area contributed by atoms with Crippen LogP contribution in [0.4, 0.5) is 0 Å². The largest absolute Gasteiger partial charge is 0.493 e. The molecule has 2 atom stereocenters. The number of nitriles is 1. The van der Waals surface area contributed by atoms with Crippen LogP contribution >= 0.6 is 15.9 Å². The van der Waals surface area contributed by atoms with Gasteiger partial charge in [-0.2, -0.15) is 15.5 Å². The van der Waals surface area contributed by atoms with Crippen molar-refractivity contribution < 1.29 is 9.47 Å². The highest BCUT2D eigenvalue weighted by atomic mass is 79.9. The van der Waals surface area contributed by atoms with Crippen LogP contribution in [0.3, 0.4) is 0 Å². The highest BCUT2D eigenvalue weighted by Crippen LogP contribution is 2.36. The fourth-order valence-corrected chi connectivity index (χ4v) is 6.15. The minimum absolute atomic E-state index is 0.131. The highest BCUT2D eigenvalue weighted by molar-refractivity contribution is 9.10. The number of benzene rings is 2. The molecule has 0 aliphatic carbocycles. The molecule has 0 saturated carbocycles. The van der Waals surface area contributed by atoms with E-state index in [1.165, 1.54) is 69.8 Å². The van der Waals surface area contributed by atoms with E-state index in [0.29, 0.717) is 0 Å². The van der Waals surface area contributed by atoms with Gasteiger partial charge in [-0.1, -0.05) is 112 Å². The van der Waals surface area contributed by atoms with Crippen LogP contribution in [0, 0.1) is 11.3 Å². The standard InChI is InChI=1S/C36H54BrN3O2/c1-5-6-7-8-9-10-11-12-13-14-15-26-36(29-38,31-20-22-32(37)23-21-31)27-16-17-33(40-39-2)24-18-30-19-25-34(41-3)35(28-30)42-4/h19-23,25,28,33H,5-18,24,26-27H2,1-4H3/b40-39+. The number of hydrogen-bond donors (Lipinski definition) is 0. The van der Waals surface area contributed by atoms with Gasteiger partial charge < -0.3 is 9.47 Å². The quantitative estimate of drug-likeness (QED) is 0.0896. The molecule has 2 rings (SSSR count). The molecule has 0 bridgehead atoms. The molecule has 6 heteroatoms. The third-order valence-corrected chi connectivity index (χ3v) is 8.98. The van der Waals surface area contributed by atoms with E-state index in [9.17, 15) is 5.26 Å². The van der Waals surface area contributed by atoms with Gasteiger partial charge in [0.1, 0.15) is 0 Å². The maximum atomic E-state index is 10.5. The van der Waals surface area contributed by atoms with E-state index in [1.54, 1.807) is 21.3 Å². The van der Waals surface area contributed by atoms with Crippen LogP contribution in [0.1, 0.15) is 121 Å². The Kier molecular flexibility index (Phi) is 18.2. The third kappa shape index (κ3) is 12.9. The number of nitrogens with zero attached hydrogens (tertiary/aromatic N) is 3. The van der Waals surface area contributed by atoms with Gasteiger partial charge in [0.2, 0.25) is 0 Å². The molecule has 2 aromatic carbocycles. The monoisotopic (exact) mass is 639 g/mol. The lowest BCUT2D eigenvalue weighted by Crippen LogP contribution is -2.25. The zero-order valence-electron chi connectivity index (χ0n) is 26.7. The van der Waals surface area contributed by atoms with Crippen molar-refractivity contribution in [3.05, 3.63) is 58.1 Å². The van der Waals surface area contributed by atoms with Gasteiger partial charge in [-0.15, -0.1) is 0 Å². The Balaban J connectivity index is 1.91. The van der Waals surface area contributed by atoms with Crippen LogP contribution in [0.5, 0.6) is 11.5 Å². The van der Waals surface area contributed by atoms with Gasteiger partial charge in [0.25, 0.3) is 0 Å². The molecule has 42 heavy (non-hydrogen) atoms. The second-order valence-electron chi connectivity index (χ2n) is 11.6. The molecule has 0 aliphatic rings. The van der Waals surface area contributed by atoms with Crippen molar-refractivity contribution in [2.24, 2.45) is 10.2 Å². The average molecular weight is 641 g/mol. The highest BCUT2D eigenvalue weighted by Gasteiger charge is 2.31. The maximum absolute atomic E-state index is 10.5. The van der Waals surface area contributed by atoms with Gasteiger partial charge in [-0.3, -0.25) is 0 Å². The number of unbranched alkanes of at least 4 members (excludes halogenated alkanes) is 10. The fourth-order valence-electron chi connectivity index (χ4n) is 5.88. The Hall–Kier alpha value is -2.39. The molecule has 0 amide bonds. The van der Waals surface area contributed by atoms with Crippen molar-refractivity contribution >= 4 is 15.9 Å². The van der Waals surface area contributed by atoms with E-state index in [1.807, 2.05) is 12.1 Å². The molecular weight excluding hydrogens is 586 g/mol. The molecule has 5 nitrogen and oxygen atoms in total. The summed E-state index contributed by atoms with van der Waals surface area (Å²) in [6, 6.07) is 17.4. The van der Waals surface area contributed by atoms with E-state index < -0.39 is 5.41 Å². The summed E-state index contributed by atoms with van der Waals surface area (Å²) in [6.45, 7) is 2.27. The molecule has 0 saturated heterocycles. The number of ether oxygens (including phenoxy) is 2. The number of azo groups is 1. The molecule has 0 aliphatic heterocycles. The Labute approximate surface area is 264 Å². The second-order valence-corrected chi connectivity index (χ2v) is 12.5. The van der Waals surface area contributed by atoms with Crippen molar-refractivity contribution in [1.29, 1.82) is 5.26 Å². The van der Waals surface area contributed by atoms with E-state index >= 15 is 0 Å². The van der Waals surface area contributed by atoms with Crippen LogP contribution in [-0.2, 0) is 11.8 Å². The van der Waals surface area contributed by atoms with Crippen molar-refractivity contribution in [3.63, 3.8) is 0 Å². The minimum Gasteiger partial charge on any atom is -0.493 e. The molecule has 232 valence electrons. The topological polar surface area (TPSA) is 67.0 Å². The second kappa shape index (κ2) is 21.3. The molecule has 0 aromatic heterocycles. The minimum atomic E-state index is -0.461. The van der Waals surface area contributed by atoms with Gasteiger partial charge in [-0.25, -0.2) is 0 Å². The van der Waals surface area contributed by atoms with Crippen LogP contribution in [0.2, 0.25) is 0 Å². The average Bonchev–Trinajstić information content (AvgIpc) is 3.01. The van der Waals surface area contributed by atoms with E-state index in [2.05, 4.69) is 69.5 Å². The molecule has 2 unspecified atom stereocenters. The smallest absolute Gasteiger partial charge is 0.160 e. The molecule has 0 N–H and O–H groups in total. The lowest BCUT2D eigenvalue weighted by Gasteiger charge is -2.28. The Morgan fingerprint density at radius 1 is 0.786 bits per heavy atom. The lowest BCUT2D eigenvalue weighted by atomic mass is 9.73. The fraction of sp³-hybridized carbons (Fsp3) is 0.639. The van der Waals surface area contributed by atoms with Gasteiger partial charge in [-0.05, 0) is 73.9 Å². The van der Waals surface area contributed by atoms with E-state index in [0.717, 1.165) is 66.5 Å². The summed E-state index contributed by atoms with van der Waals surface area (Å²) in [6.07, 6.45) is 19.9. The first-order chi connectivity index (χ1) is 20.5. The number of aryl methyl sites for hydroxylation is 1. The first-order valence-corrected chi connectivity index (χ1v) is 17.0. The molecular formula is C36H54BrN3O2. The van der Waals surface area contributed by atoms with Crippen LogP contribution in [0.25, 0.3) is 0 Å². The van der Waals surface area contributed by atoms with Gasteiger partial charge in [0.05, 0.1) is 31.7 Å². The van der Waals surface area contributed by atoms with Crippen molar-refractivity contribution in [2.45, 2.75) is 128 Å². The molecule has 0 radical (unpaired) electrons. The zero-order valence-corrected chi connectivity index (χ0v) is 28.3. The van der Waals surface area contributed by atoms with Gasteiger partial charge in [0, 0.05) is 11.5 Å². The normalized spacial score (nSPS) is 13.5. The van der Waals surface area contributed by atoms with Crippen molar-refractivity contribution in [3.8, 4) is 17.6 Å². The zero-order chi connectivity index (χ0) is 30.5. The molecule has 0 heterocycles. The first-order valence-electron chi connectivity index (χ1n) is 16.2. The van der Waals surface area contributed by atoms with Crippen molar-refractivity contribution in [1.82, 2.24) is 0 Å². The van der Waals surface area contributed by atoms with Crippen LogP contribution < -0.4 is 9.47 Å². The SMILES string of the molecule is CCCCCCCCCCCCCC(C#N)(CCCC(CCc1ccc(OC)c(OC)c1)/N=N/C)c1ccc(Br)cc1. The third-order valence-electron chi connectivity index (χ3n) is 8.45. The Morgan fingerprint density at radius 2 is 1.38 bits per heavy atom. The van der Waals surface area contributed by atoms with Gasteiger partial charge in [0.15, 0.2) is 11.5 Å². The van der Waals surface area contributed by atoms with Crippen LogP contribution in [0.15, 0.2) is 57.2 Å². The Bertz CT molecular complexity index is 1070. The predicted molar refractivity (Wildman–Crippen MR) is 179 cm³/mol. The molecule has 2 aromatic rings. The number of rotatable bonds is 23. The van der Waals surface area contributed by atoms with Crippen LogP contribution in [-0.4, -0.2) is 27.3 Å². The Morgan fingerprint density at radius 3 is 1.95 bits per heavy atom. The number of methoxy groups -OCH3 is 2. The van der Waals surface area contributed by atoms with Crippen molar-refractivity contribution in [2.75, 3.05) is 21.3 Å². The molecule has 0 fully saturated rings. The van der Waals surface area contributed by atoms with E-state index in [4.69, 9.17) is 9.47 Å². The van der Waals surface area contributed by atoms with E-state index in [-0.39, 0.29) is 6.04 Å². The summed E-state index contributed by atoms with van der Waals surface area (Å²) < 4.78 is 11.9. The maximum Gasteiger partial charge on any atom is 0.160 e.